The summed E-state index contributed by atoms with van der Waals surface area (Å²) >= 11 is 0. The first-order valence-electron chi connectivity index (χ1n) is 12.2. The first kappa shape index (κ1) is 23.4. The summed E-state index contributed by atoms with van der Waals surface area (Å²) in [4.78, 5) is 18.4. The van der Waals surface area contributed by atoms with Gasteiger partial charge in [-0.05, 0) is 65.3 Å². The fraction of sp³-hybridized carbons (Fsp3) is 0.462. The van der Waals surface area contributed by atoms with Gasteiger partial charge in [-0.2, -0.15) is 0 Å². The first-order valence-corrected chi connectivity index (χ1v) is 12.2. The molecule has 2 atom stereocenters. The molecule has 3 aromatic heterocycles. The zero-order chi connectivity index (χ0) is 24.4. The standard InChI is InChI=1S/C26H32N6O3/c1-17(2)24(25-28-29-30-32(25)16-22-10-6-12-35-22)31(15-21-9-5-11-34-21)14-20-13-19-8-4-7-18(3)23(19)27-26(20)33/h4-5,7-9,11,13,17,22,24H,6,10,12,14-16H2,1-3H3,(H,27,33)/t22-,24+/m1/s1. The predicted molar refractivity (Wildman–Crippen MR) is 132 cm³/mol. The molecule has 1 saturated heterocycles. The van der Waals surface area contributed by atoms with E-state index in [9.17, 15) is 4.79 Å². The molecule has 1 aliphatic heterocycles. The van der Waals surface area contributed by atoms with Gasteiger partial charge in [0, 0.05) is 18.7 Å². The van der Waals surface area contributed by atoms with Gasteiger partial charge in [0.2, 0.25) is 0 Å². The van der Waals surface area contributed by atoms with Crippen LogP contribution in [0, 0.1) is 12.8 Å². The van der Waals surface area contributed by atoms with Crippen LogP contribution in [-0.2, 0) is 24.4 Å². The maximum Gasteiger partial charge on any atom is 0.252 e. The van der Waals surface area contributed by atoms with Gasteiger partial charge in [0.1, 0.15) is 5.76 Å². The molecule has 1 fully saturated rings. The van der Waals surface area contributed by atoms with Crippen molar-refractivity contribution in [3.05, 3.63) is 75.7 Å². The number of rotatable bonds is 9. The van der Waals surface area contributed by atoms with Crippen molar-refractivity contribution in [2.75, 3.05) is 6.61 Å². The zero-order valence-electron chi connectivity index (χ0n) is 20.5. The molecule has 0 spiro atoms. The molecule has 1 aromatic carbocycles. The van der Waals surface area contributed by atoms with Crippen LogP contribution in [0.1, 0.15) is 55.4 Å². The number of nitrogens with zero attached hydrogens (tertiary/aromatic N) is 5. The highest BCUT2D eigenvalue weighted by molar-refractivity contribution is 5.81. The highest BCUT2D eigenvalue weighted by Crippen LogP contribution is 2.31. The van der Waals surface area contributed by atoms with Crippen LogP contribution >= 0.6 is 0 Å². The minimum Gasteiger partial charge on any atom is -0.468 e. The van der Waals surface area contributed by atoms with Crippen molar-refractivity contribution in [2.45, 2.75) is 65.4 Å². The second-order valence-electron chi connectivity index (χ2n) is 9.69. The van der Waals surface area contributed by atoms with Crippen LogP contribution < -0.4 is 5.56 Å². The highest BCUT2D eigenvalue weighted by Gasteiger charge is 2.31. The van der Waals surface area contributed by atoms with Gasteiger partial charge in [-0.3, -0.25) is 9.69 Å². The Bertz CT molecular complexity index is 1320. The van der Waals surface area contributed by atoms with E-state index in [-0.39, 0.29) is 23.6 Å². The Balaban J connectivity index is 1.52. The number of hydrogen-bond donors (Lipinski definition) is 1. The lowest BCUT2D eigenvalue weighted by atomic mass is 10.00. The van der Waals surface area contributed by atoms with Crippen LogP contribution in [0.25, 0.3) is 10.9 Å². The van der Waals surface area contributed by atoms with E-state index in [1.54, 1.807) is 6.26 Å². The normalized spacial score (nSPS) is 17.1. The molecule has 184 valence electrons. The molecule has 0 unspecified atom stereocenters. The van der Waals surface area contributed by atoms with Crippen molar-refractivity contribution < 1.29 is 9.15 Å². The lowest BCUT2D eigenvalue weighted by molar-refractivity contribution is 0.0836. The third kappa shape index (κ3) is 5.06. The fourth-order valence-corrected chi connectivity index (χ4v) is 5.04. The van der Waals surface area contributed by atoms with Gasteiger partial charge >= 0.3 is 0 Å². The summed E-state index contributed by atoms with van der Waals surface area (Å²) in [5, 5.41) is 13.8. The number of pyridine rings is 1. The largest absolute Gasteiger partial charge is 0.468 e. The monoisotopic (exact) mass is 476 g/mol. The number of aryl methyl sites for hydroxylation is 1. The topological polar surface area (TPSA) is 102 Å². The van der Waals surface area contributed by atoms with E-state index >= 15 is 0 Å². The van der Waals surface area contributed by atoms with Crippen LogP contribution in [-0.4, -0.2) is 42.8 Å². The third-order valence-corrected chi connectivity index (χ3v) is 6.73. The summed E-state index contributed by atoms with van der Waals surface area (Å²) in [7, 11) is 0. The Kier molecular flexibility index (Phi) is 6.79. The number of H-pyrrole nitrogens is 1. The lowest BCUT2D eigenvalue weighted by Gasteiger charge is -2.33. The number of tetrazole rings is 1. The number of ether oxygens (including phenoxy) is 1. The van der Waals surface area contributed by atoms with Crippen molar-refractivity contribution in [3.63, 3.8) is 0 Å². The summed E-state index contributed by atoms with van der Waals surface area (Å²) in [6.45, 7) is 8.66. The molecular formula is C26H32N6O3. The van der Waals surface area contributed by atoms with Crippen LogP contribution in [0.2, 0.25) is 0 Å². The Morgan fingerprint density at radius 2 is 2.11 bits per heavy atom. The molecule has 9 nitrogen and oxygen atoms in total. The molecule has 4 aromatic rings. The van der Waals surface area contributed by atoms with Crippen LogP contribution in [0.15, 0.2) is 51.9 Å². The van der Waals surface area contributed by atoms with Gasteiger partial charge < -0.3 is 14.1 Å². The number of para-hydroxylation sites is 1. The summed E-state index contributed by atoms with van der Waals surface area (Å²) in [5.74, 6) is 1.78. The molecule has 35 heavy (non-hydrogen) atoms. The first-order chi connectivity index (χ1) is 17.0. The minimum absolute atomic E-state index is 0.0855. The molecule has 0 radical (unpaired) electrons. The Labute approximate surface area is 204 Å². The summed E-state index contributed by atoms with van der Waals surface area (Å²) in [6.07, 6.45) is 3.86. The smallest absolute Gasteiger partial charge is 0.252 e. The molecule has 0 saturated carbocycles. The molecular weight excluding hydrogens is 444 g/mol. The lowest BCUT2D eigenvalue weighted by Crippen LogP contribution is -2.35. The van der Waals surface area contributed by atoms with E-state index in [4.69, 9.17) is 9.15 Å². The Morgan fingerprint density at radius 3 is 2.86 bits per heavy atom. The number of benzene rings is 1. The Hall–Kier alpha value is -3.30. The van der Waals surface area contributed by atoms with Gasteiger partial charge in [0.25, 0.3) is 5.56 Å². The van der Waals surface area contributed by atoms with Crippen LogP contribution in [0.5, 0.6) is 0 Å². The van der Waals surface area contributed by atoms with Gasteiger partial charge in [-0.1, -0.05) is 32.0 Å². The quantitative estimate of drug-likeness (QED) is 0.390. The number of hydrogen-bond acceptors (Lipinski definition) is 7. The Morgan fingerprint density at radius 1 is 1.23 bits per heavy atom. The van der Waals surface area contributed by atoms with Crippen molar-refractivity contribution in [3.8, 4) is 0 Å². The van der Waals surface area contributed by atoms with E-state index in [0.29, 0.717) is 25.2 Å². The van der Waals surface area contributed by atoms with Crippen molar-refractivity contribution in [1.29, 1.82) is 0 Å². The number of aromatic amines is 1. The molecule has 0 aliphatic carbocycles. The van der Waals surface area contributed by atoms with E-state index in [0.717, 1.165) is 47.5 Å². The molecule has 5 rings (SSSR count). The van der Waals surface area contributed by atoms with E-state index in [1.165, 1.54) is 0 Å². The summed E-state index contributed by atoms with van der Waals surface area (Å²) in [6, 6.07) is 11.7. The van der Waals surface area contributed by atoms with E-state index < -0.39 is 0 Å². The van der Waals surface area contributed by atoms with E-state index in [2.05, 4.69) is 39.3 Å². The highest BCUT2D eigenvalue weighted by atomic mass is 16.5. The third-order valence-electron chi connectivity index (χ3n) is 6.73. The van der Waals surface area contributed by atoms with E-state index in [1.807, 2.05) is 48.0 Å². The summed E-state index contributed by atoms with van der Waals surface area (Å²) < 4.78 is 13.4. The number of aromatic nitrogens is 5. The molecule has 1 aliphatic rings. The van der Waals surface area contributed by atoms with Crippen LogP contribution in [0.4, 0.5) is 0 Å². The minimum atomic E-state index is -0.135. The average Bonchev–Trinajstić information content (AvgIpc) is 3.60. The SMILES string of the molecule is Cc1cccc2cc(CN(Cc3ccco3)[C@H](c3nnnn3C[C@H]3CCCO3)C(C)C)c(=O)[nH]c12. The second-order valence-corrected chi connectivity index (χ2v) is 9.69. The molecule has 4 heterocycles. The number of fused-ring (bicyclic) bond motifs is 1. The van der Waals surface area contributed by atoms with Crippen molar-refractivity contribution in [2.24, 2.45) is 5.92 Å². The van der Waals surface area contributed by atoms with Crippen molar-refractivity contribution in [1.82, 2.24) is 30.1 Å². The zero-order valence-corrected chi connectivity index (χ0v) is 20.5. The van der Waals surface area contributed by atoms with Crippen molar-refractivity contribution >= 4 is 10.9 Å². The second kappa shape index (κ2) is 10.1. The molecule has 9 heteroatoms. The molecule has 0 amide bonds. The van der Waals surface area contributed by atoms with Gasteiger partial charge in [0.15, 0.2) is 5.82 Å². The summed E-state index contributed by atoms with van der Waals surface area (Å²) in [5.41, 5.74) is 2.53. The maximum atomic E-state index is 13.1. The number of nitrogens with one attached hydrogen (secondary N) is 1. The predicted octanol–water partition coefficient (Wildman–Crippen LogP) is 3.99. The van der Waals surface area contributed by atoms with Gasteiger partial charge in [-0.15, -0.1) is 5.10 Å². The van der Waals surface area contributed by atoms with Crippen LogP contribution in [0.3, 0.4) is 0 Å². The maximum absolute atomic E-state index is 13.1. The van der Waals surface area contributed by atoms with Gasteiger partial charge in [-0.25, -0.2) is 4.68 Å². The molecule has 1 N–H and O–H groups in total. The molecule has 0 bridgehead atoms. The fourth-order valence-electron chi connectivity index (χ4n) is 5.04. The average molecular weight is 477 g/mol. The number of furan rings is 1. The van der Waals surface area contributed by atoms with Gasteiger partial charge in [0.05, 0.1) is 37.0 Å².